The van der Waals surface area contributed by atoms with E-state index in [4.69, 9.17) is 27.2 Å². The van der Waals surface area contributed by atoms with Crippen molar-refractivity contribution >= 4 is 27.1 Å². The molecule has 0 aliphatic rings. The molecule has 0 fully saturated rings. The molecule has 0 spiro atoms. The maximum atomic E-state index is 11.8. The fourth-order valence-corrected chi connectivity index (χ4v) is 2.93. The van der Waals surface area contributed by atoms with Gasteiger partial charge in [-0.1, -0.05) is 11.6 Å². The topological polar surface area (TPSA) is 89.6 Å². The molecule has 1 aromatic rings. The van der Waals surface area contributed by atoms with Crippen LogP contribution in [0.2, 0.25) is 5.02 Å². The van der Waals surface area contributed by atoms with Gasteiger partial charge in [-0.05, 0) is 13.0 Å². The largest absolute Gasteiger partial charge is 0.492 e. The first-order valence-electron chi connectivity index (χ1n) is 4.97. The number of halogens is 1. The van der Waals surface area contributed by atoms with Crippen LogP contribution in [0.4, 0.5) is 5.69 Å². The van der Waals surface area contributed by atoms with E-state index in [1.807, 2.05) is 0 Å². The molecular formula is C10H14ClNO4S. The molecule has 17 heavy (non-hydrogen) atoms. The van der Waals surface area contributed by atoms with Gasteiger partial charge in [0.1, 0.15) is 5.75 Å². The molecule has 0 aliphatic heterocycles. The molecule has 0 saturated carbocycles. The Balaban J connectivity index is 3.29. The van der Waals surface area contributed by atoms with Crippen molar-refractivity contribution in [2.75, 3.05) is 24.7 Å². The second-order valence-corrected chi connectivity index (χ2v) is 5.78. The number of aliphatic hydroxyl groups excluding tert-OH is 1. The van der Waals surface area contributed by atoms with Gasteiger partial charge in [0, 0.05) is 6.07 Å². The van der Waals surface area contributed by atoms with Gasteiger partial charge in [0.2, 0.25) is 0 Å². The highest BCUT2D eigenvalue weighted by Crippen LogP contribution is 2.32. The highest BCUT2D eigenvalue weighted by molar-refractivity contribution is 7.91. The highest BCUT2D eigenvalue weighted by atomic mass is 35.5. The van der Waals surface area contributed by atoms with Crippen molar-refractivity contribution < 1.29 is 18.3 Å². The quantitative estimate of drug-likeness (QED) is 0.788. The second-order valence-electron chi connectivity index (χ2n) is 3.30. The first-order valence-corrected chi connectivity index (χ1v) is 7.00. The smallest absolute Gasteiger partial charge is 0.182 e. The predicted molar refractivity (Wildman–Crippen MR) is 66.2 cm³/mol. The molecule has 0 amide bonds. The summed E-state index contributed by atoms with van der Waals surface area (Å²) in [4.78, 5) is -0.0779. The normalized spacial score (nSPS) is 11.5. The van der Waals surface area contributed by atoms with Crippen molar-refractivity contribution in [2.24, 2.45) is 0 Å². The Labute approximate surface area is 105 Å². The minimum Gasteiger partial charge on any atom is -0.492 e. The van der Waals surface area contributed by atoms with E-state index in [1.54, 1.807) is 6.92 Å². The zero-order valence-electron chi connectivity index (χ0n) is 9.31. The van der Waals surface area contributed by atoms with E-state index >= 15 is 0 Å². The standard InChI is InChI=1S/C10H14ClNO4S/c1-2-16-9-6-10(7(11)5-8(9)12)17(14,15)4-3-13/h5-6,13H,2-4,12H2,1H3. The van der Waals surface area contributed by atoms with Gasteiger partial charge in [0.05, 0.1) is 34.6 Å². The monoisotopic (exact) mass is 279 g/mol. The summed E-state index contributed by atoms with van der Waals surface area (Å²) < 4.78 is 28.8. The number of rotatable bonds is 5. The zero-order valence-corrected chi connectivity index (χ0v) is 10.9. The molecule has 0 aromatic heterocycles. The Morgan fingerprint density at radius 2 is 2.12 bits per heavy atom. The van der Waals surface area contributed by atoms with E-state index in [9.17, 15) is 8.42 Å². The van der Waals surface area contributed by atoms with E-state index in [2.05, 4.69) is 0 Å². The Hall–Kier alpha value is -0.980. The predicted octanol–water partition coefficient (Wildman–Crippen LogP) is 1.09. The fourth-order valence-electron chi connectivity index (χ4n) is 1.30. The van der Waals surface area contributed by atoms with Gasteiger partial charge < -0.3 is 15.6 Å². The van der Waals surface area contributed by atoms with Crippen molar-refractivity contribution in [3.05, 3.63) is 17.2 Å². The van der Waals surface area contributed by atoms with Gasteiger partial charge >= 0.3 is 0 Å². The van der Waals surface area contributed by atoms with Crippen molar-refractivity contribution in [1.29, 1.82) is 0 Å². The van der Waals surface area contributed by atoms with Crippen LogP contribution in [-0.2, 0) is 9.84 Å². The van der Waals surface area contributed by atoms with Crippen molar-refractivity contribution in [1.82, 2.24) is 0 Å². The molecule has 0 heterocycles. The summed E-state index contributed by atoms with van der Waals surface area (Å²) in [5.41, 5.74) is 5.92. The first-order chi connectivity index (χ1) is 7.92. The Morgan fingerprint density at radius 3 is 2.65 bits per heavy atom. The van der Waals surface area contributed by atoms with E-state index in [0.717, 1.165) is 0 Å². The van der Waals surface area contributed by atoms with Crippen LogP contribution in [0.15, 0.2) is 17.0 Å². The first kappa shape index (κ1) is 14.1. The summed E-state index contributed by atoms with van der Waals surface area (Å²) >= 11 is 5.83. The molecule has 1 rings (SSSR count). The Kier molecular flexibility index (Phi) is 4.62. The molecule has 96 valence electrons. The van der Waals surface area contributed by atoms with E-state index in [-0.39, 0.29) is 27.1 Å². The number of nitrogen functional groups attached to an aromatic ring is 1. The van der Waals surface area contributed by atoms with Crippen LogP contribution in [-0.4, -0.2) is 32.5 Å². The van der Waals surface area contributed by atoms with Gasteiger partial charge in [-0.3, -0.25) is 0 Å². The number of hydrogen-bond acceptors (Lipinski definition) is 5. The van der Waals surface area contributed by atoms with Crippen LogP contribution >= 0.6 is 11.6 Å². The van der Waals surface area contributed by atoms with Crippen LogP contribution in [0.25, 0.3) is 0 Å². The molecular weight excluding hydrogens is 266 g/mol. The molecule has 0 unspecified atom stereocenters. The lowest BCUT2D eigenvalue weighted by Gasteiger charge is -2.11. The van der Waals surface area contributed by atoms with Crippen LogP contribution in [0.5, 0.6) is 5.75 Å². The number of benzene rings is 1. The summed E-state index contributed by atoms with van der Waals surface area (Å²) in [6, 6.07) is 2.61. The number of ether oxygens (including phenoxy) is 1. The lowest BCUT2D eigenvalue weighted by atomic mass is 10.3. The van der Waals surface area contributed by atoms with Crippen molar-refractivity contribution in [3.8, 4) is 5.75 Å². The molecule has 0 radical (unpaired) electrons. The molecule has 0 bridgehead atoms. The summed E-state index contributed by atoms with van der Waals surface area (Å²) in [6.45, 7) is 1.66. The van der Waals surface area contributed by atoms with E-state index in [1.165, 1.54) is 12.1 Å². The van der Waals surface area contributed by atoms with E-state index < -0.39 is 16.4 Å². The van der Waals surface area contributed by atoms with E-state index in [0.29, 0.717) is 6.61 Å². The minimum absolute atomic E-state index is 0.0272. The third-order valence-electron chi connectivity index (χ3n) is 2.06. The summed E-state index contributed by atoms with van der Waals surface area (Å²) in [6.07, 6.45) is 0. The number of aliphatic hydroxyl groups is 1. The van der Waals surface area contributed by atoms with Crippen LogP contribution in [0, 0.1) is 0 Å². The van der Waals surface area contributed by atoms with Crippen LogP contribution in [0.3, 0.4) is 0 Å². The summed E-state index contributed by atoms with van der Waals surface area (Å²) in [5.74, 6) is -0.115. The van der Waals surface area contributed by atoms with Gasteiger partial charge in [-0.25, -0.2) is 8.42 Å². The Morgan fingerprint density at radius 1 is 1.47 bits per heavy atom. The maximum Gasteiger partial charge on any atom is 0.182 e. The highest BCUT2D eigenvalue weighted by Gasteiger charge is 2.20. The van der Waals surface area contributed by atoms with Gasteiger partial charge in [0.25, 0.3) is 0 Å². The van der Waals surface area contributed by atoms with Crippen LogP contribution < -0.4 is 10.5 Å². The number of hydrogen-bond donors (Lipinski definition) is 2. The average Bonchev–Trinajstić information content (AvgIpc) is 2.21. The van der Waals surface area contributed by atoms with Gasteiger partial charge in [-0.15, -0.1) is 0 Å². The molecule has 0 aliphatic carbocycles. The van der Waals surface area contributed by atoms with Crippen LogP contribution in [0.1, 0.15) is 6.92 Å². The molecule has 3 N–H and O–H groups in total. The number of anilines is 1. The number of nitrogens with two attached hydrogens (primary N) is 1. The van der Waals surface area contributed by atoms with Gasteiger partial charge in [0.15, 0.2) is 9.84 Å². The zero-order chi connectivity index (χ0) is 13.1. The lowest BCUT2D eigenvalue weighted by molar-refractivity contribution is 0.319. The lowest BCUT2D eigenvalue weighted by Crippen LogP contribution is -2.11. The summed E-state index contributed by atoms with van der Waals surface area (Å²) in [5, 5.41) is 8.73. The van der Waals surface area contributed by atoms with Gasteiger partial charge in [-0.2, -0.15) is 0 Å². The molecule has 1 aromatic carbocycles. The Bertz CT molecular complexity index is 501. The molecule has 7 heteroatoms. The third kappa shape index (κ3) is 3.24. The molecule has 0 saturated heterocycles. The molecule has 5 nitrogen and oxygen atoms in total. The van der Waals surface area contributed by atoms with Crippen molar-refractivity contribution in [2.45, 2.75) is 11.8 Å². The minimum atomic E-state index is -3.62. The SMILES string of the molecule is CCOc1cc(S(=O)(=O)CCO)c(Cl)cc1N. The maximum absolute atomic E-state index is 11.8. The summed E-state index contributed by atoms with van der Waals surface area (Å²) in [7, 11) is -3.62. The number of sulfone groups is 1. The molecule has 0 atom stereocenters. The van der Waals surface area contributed by atoms with Crippen molar-refractivity contribution in [3.63, 3.8) is 0 Å². The third-order valence-corrected chi connectivity index (χ3v) is 4.21. The average molecular weight is 280 g/mol. The fraction of sp³-hybridized carbons (Fsp3) is 0.400. The second kappa shape index (κ2) is 5.57.